The van der Waals surface area contributed by atoms with E-state index in [4.69, 9.17) is 4.74 Å². The second kappa shape index (κ2) is 75.3. The SMILES string of the molecule is CCCCCCCC/C=C\CCCCCCCCCCCC(=O)OCCCCCCCCCCCCC/C=C\C/C=C\CCCCCCCCCCCCCCCCCCCC(=O)NC(CO)C(O)/C=C/CCCCCCCCCCCCCCC. The summed E-state index contributed by atoms with van der Waals surface area (Å²) in [5.74, 6) is -0.0468. The van der Waals surface area contributed by atoms with Crippen LogP contribution in [-0.4, -0.2) is 47.4 Å². The average molecular weight is 1210 g/mol. The molecule has 0 aromatic rings. The van der Waals surface area contributed by atoms with Crippen LogP contribution in [0.2, 0.25) is 0 Å². The van der Waals surface area contributed by atoms with Gasteiger partial charge in [0.05, 0.1) is 25.4 Å². The molecule has 3 N–H and O–H groups in total. The summed E-state index contributed by atoms with van der Waals surface area (Å²) in [5.41, 5.74) is 0. The van der Waals surface area contributed by atoms with Crippen molar-refractivity contribution in [2.45, 2.75) is 437 Å². The second-order valence-corrected chi connectivity index (χ2v) is 26.7. The highest BCUT2D eigenvalue weighted by molar-refractivity contribution is 5.76. The number of carbonyl (C=O) groups is 2. The zero-order valence-electron chi connectivity index (χ0n) is 58.1. The molecule has 0 aliphatic carbocycles. The zero-order chi connectivity index (χ0) is 62.0. The van der Waals surface area contributed by atoms with E-state index < -0.39 is 12.1 Å². The summed E-state index contributed by atoms with van der Waals surface area (Å²) in [6.45, 7) is 4.93. The summed E-state index contributed by atoms with van der Waals surface area (Å²) in [7, 11) is 0. The lowest BCUT2D eigenvalue weighted by atomic mass is 10.0. The topological polar surface area (TPSA) is 95.9 Å². The molecule has 0 fully saturated rings. The van der Waals surface area contributed by atoms with Crippen molar-refractivity contribution >= 4 is 11.9 Å². The summed E-state index contributed by atoms with van der Waals surface area (Å²) in [6, 6.07) is -0.626. The first-order valence-electron chi connectivity index (χ1n) is 38.9. The van der Waals surface area contributed by atoms with Crippen LogP contribution in [0.3, 0.4) is 0 Å². The number of amides is 1. The largest absolute Gasteiger partial charge is 0.466 e. The number of rotatable bonds is 73. The number of aliphatic hydroxyl groups excluding tert-OH is 2. The van der Waals surface area contributed by atoms with Crippen molar-refractivity contribution in [3.63, 3.8) is 0 Å². The van der Waals surface area contributed by atoms with E-state index >= 15 is 0 Å². The molecule has 0 heterocycles. The number of hydrogen-bond acceptors (Lipinski definition) is 5. The van der Waals surface area contributed by atoms with Crippen LogP contribution in [0.1, 0.15) is 425 Å². The molecule has 6 heteroatoms. The van der Waals surface area contributed by atoms with Gasteiger partial charge in [-0.15, -0.1) is 0 Å². The molecule has 0 aromatic heterocycles. The molecule has 506 valence electrons. The van der Waals surface area contributed by atoms with E-state index in [1.165, 1.54) is 353 Å². The number of unbranched alkanes of at least 4 members (excludes halogenated alkanes) is 56. The molecule has 0 aliphatic rings. The molecule has 0 spiro atoms. The van der Waals surface area contributed by atoms with Crippen LogP contribution in [0.5, 0.6) is 0 Å². The first-order valence-corrected chi connectivity index (χ1v) is 38.9. The monoisotopic (exact) mass is 1210 g/mol. The predicted octanol–water partition coefficient (Wildman–Crippen LogP) is 25.6. The summed E-state index contributed by atoms with van der Waals surface area (Å²) >= 11 is 0. The van der Waals surface area contributed by atoms with Crippen molar-refractivity contribution in [2.75, 3.05) is 13.2 Å². The maximum Gasteiger partial charge on any atom is 0.305 e. The van der Waals surface area contributed by atoms with Gasteiger partial charge in [0, 0.05) is 12.8 Å². The fourth-order valence-corrected chi connectivity index (χ4v) is 12.1. The van der Waals surface area contributed by atoms with Crippen molar-refractivity contribution in [3.8, 4) is 0 Å². The number of ether oxygens (including phenoxy) is 1. The van der Waals surface area contributed by atoms with E-state index in [0.29, 0.717) is 19.4 Å². The molecule has 1 amide bonds. The zero-order valence-corrected chi connectivity index (χ0v) is 58.1. The quantitative estimate of drug-likeness (QED) is 0.0320. The number of nitrogens with one attached hydrogen (secondary N) is 1. The third kappa shape index (κ3) is 70.9. The Labute approximate surface area is 537 Å². The molecule has 0 aliphatic heterocycles. The van der Waals surface area contributed by atoms with Gasteiger partial charge in [-0.05, 0) is 89.9 Å². The average Bonchev–Trinajstić information content (AvgIpc) is 3.54. The molecule has 2 atom stereocenters. The predicted molar refractivity (Wildman–Crippen MR) is 379 cm³/mol. The third-order valence-electron chi connectivity index (χ3n) is 18.1. The van der Waals surface area contributed by atoms with E-state index in [0.717, 1.165) is 44.9 Å². The first-order chi connectivity index (χ1) is 42.5. The Morgan fingerprint density at radius 2 is 0.581 bits per heavy atom. The van der Waals surface area contributed by atoms with Gasteiger partial charge in [-0.3, -0.25) is 9.59 Å². The van der Waals surface area contributed by atoms with Crippen LogP contribution < -0.4 is 5.32 Å². The van der Waals surface area contributed by atoms with Crippen molar-refractivity contribution in [3.05, 3.63) is 48.6 Å². The van der Waals surface area contributed by atoms with Crippen LogP contribution in [0, 0.1) is 0 Å². The molecular weight excluding hydrogens is 1050 g/mol. The molecule has 6 nitrogen and oxygen atoms in total. The van der Waals surface area contributed by atoms with Crippen LogP contribution in [0.15, 0.2) is 48.6 Å². The van der Waals surface area contributed by atoms with Gasteiger partial charge in [-0.2, -0.15) is 0 Å². The highest BCUT2D eigenvalue weighted by Crippen LogP contribution is 2.19. The molecule has 86 heavy (non-hydrogen) atoms. The molecule has 0 radical (unpaired) electrons. The van der Waals surface area contributed by atoms with E-state index in [9.17, 15) is 19.8 Å². The summed E-state index contributed by atoms with van der Waals surface area (Å²) in [6.07, 6.45) is 99.4. The Morgan fingerprint density at radius 3 is 0.895 bits per heavy atom. The fourth-order valence-electron chi connectivity index (χ4n) is 12.1. The highest BCUT2D eigenvalue weighted by atomic mass is 16.5. The fraction of sp³-hybridized carbons (Fsp3) is 0.875. The molecule has 2 unspecified atom stereocenters. The number of aliphatic hydroxyl groups is 2. The highest BCUT2D eigenvalue weighted by Gasteiger charge is 2.18. The Hall–Kier alpha value is -2.18. The summed E-state index contributed by atoms with van der Waals surface area (Å²) < 4.78 is 5.51. The van der Waals surface area contributed by atoms with Gasteiger partial charge in [-0.1, -0.05) is 371 Å². The van der Waals surface area contributed by atoms with Gasteiger partial charge in [0.25, 0.3) is 0 Å². The van der Waals surface area contributed by atoms with Gasteiger partial charge in [0.15, 0.2) is 0 Å². The van der Waals surface area contributed by atoms with Crippen molar-refractivity contribution in [1.82, 2.24) is 5.32 Å². The lowest BCUT2D eigenvalue weighted by Crippen LogP contribution is -2.45. The van der Waals surface area contributed by atoms with Gasteiger partial charge >= 0.3 is 5.97 Å². The Bertz CT molecular complexity index is 1440. The lowest BCUT2D eigenvalue weighted by Gasteiger charge is -2.20. The van der Waals surface area contributed by atoms with Crippen LogP contribution >= 0.6 is 0 Å². The van der Waals surface area contributed by atoms with Gasteiger partial charge in [0.1, 0.15) is 0 Å². The maximum atomic E-state index is 12.5. The number of hydrogen-bond donors (Lipinski definition) is 3. The molecule has 0 rings (SSSR count). The smallest absolute Gasteiger partial charge is 0.305 e. The molecule has 0 aromatic carbocycles. The van der Waals surface area contributed by atoms with Crippen LogP contribution in [0.25, 0.3) is 0 Å². The van der Waals surface area contributed by atoms with E-state index in [1.807, 2.05) is 6.08 Å². The van der Waals surface area contributed by atoms with Crippen LogP contribution in [-0.2, 0) is 14.3 Å². The standard InChI is InChI=1S/C80H151NO5/c1-3-5-7-9-11-13-15-17-19-20-38-42-46-50-54-58-62-66-70-74-80(85)86-75-71-67-63-59-55-51-47-43-40-37-35-33-31-29-27-25-23-21-22-24-26-28-30-32-34-36-39-41-45-49-53-57-61-65-69-73-79(84)81-77(76-82)78(83)72-68-64-60-56-52-48-44-18-16-14-12-10-8-6-4-2/h17,19,23,25,29,31,68,72,77-78,82-83H,3-16,18,20-22,24,26-28,30,32-67,69-71,73-76H2,1-2H3,(H,81,84)/b19-17-,25-23-,31-29-,72-68+. The molecule has 0 saturated heterocycles. The van der Waals surface area contributed by atoms with Gasteiger partial charge in [-0.25, -0.2) is 0 Å². The minimum atomic E-state index is -0.843. The second-order valence-electron chi connectivity index (χ2n) is 26.7. The van der Waals surface area contributed by atoms with Crippen molar-refractivity contribution in [2.24, 2.45) is 0 Å². The summed E-state index contributed by atoms with van der Waals surface area (Å²) in [4.78, 5) is 24.6. The first kappa shape index (κ1) is 83.8. The van der Waals surface area contributed by atoms with Crippen molar-refractivity contribution < 1.29 is 24.5 Å². The third-order valence-corrected chi connectivity index (χ3v) is 18.1. The molecule has 0 bridgehead atoms. The minimum Gasteiger partial charge on any atom is -0.466 e. The lowest BCUT2D eigenvalue weighted by molar-refractivity contribution is -0.143. The minimum absolute atomic E-state index is 0.0166. The normalized spacial score (nSPS) is 12.7. The number of esters is 1. The van der Waals surface area contributed by atoms with E-state index in [1.54, 1.807) is 6.08 Å². The van der Waals surface area contributed by atoms with E-state index in [2.05, 4.69) is 55.6 Å². The number of carbonyl (C=O) groups excluding carboxylic acids is 2. The molecular formula is C80H151NO5. The molecule has 0 saturated carbocycles. The van der Waals surface area contributed by atoms with E-state index in [-0.39, 0.29) is 18.5 Å². The summed E-state index contributed by atoms with van der Waals surface area (Å²) in [5, 5.41) is 23.2. The number of allylic oxidation sites excluding steroid dienone is 7. The van der Waals surface area contributed by atoms with Gasteiger partial charge in [0.2, 0.25) is 5.91 Å². The maximum absolute atomic E-state index is 12.5. The van der Waals surface area contributed by atoms with Crippen LogP contribution in [0.4, 0.5) is 0 Å². The van der Waals surface area contributed by atoms with Gasteiger partial charge < -0.3 is 20.3 Å². The van der Waals surface area contributed by atoms with Crippen molar-refractivity contribution in [1.29, 1.82) is 0 Å². The Morgan fingerprint density at radius 1 is 0.326 bits per heavy atom. The Balaban J connectivity index is 3.37. The Kier molecular flexibility index (Phi) is 73.4.